The highest BCUT2D eigenvalue weighted by atomic mass is 16.5. The zero-order chi connectivity index (χ0) is 25.7. The van der Waals surface area contributed by atoms with Crippen LogP contribution in [0.3, 0.4) is 0 Å². The standard InChI is InChI=1S/C37H22O2/c1-38-30-20-31-37(35-28(30)18-16-24-13-11-22-7-3-5-9-27(22)33(24)35)36-29(39-31)19-17-25-15-14-23-12-10-21-6-2-4-8-26(21)32(23)34(25)36/h2-20H,1H3. The number of hydrogen-bond donors (Lipinski definition) is 0. The molecular formula is C37H22O2. The molecule has 0 N–H and O–H groups in total. The first-order valence-electron chi connectivity index (χ1n) is 13.3. The Morgan fingerprint density at radius 1 is 0.410 bits per heavy atom. The molecule has 2 heteroatoms. The molecule has 9 aromatic rings. The molecule has 0 fully saturated rings. The van der Waals surface area contributed by atoms with E-state index in [9.17, 15) is 0 Å². The molecule has 0 spiro atoms. The van der Waals surface area contributed by atoms with Gasteiger partial charge in [-0.2, -0.15) is 0 Å². The molecule has 1 heterocycles. The van der Waals surface area contributed by atoms with Gasteiger partial charge in [0.15, 0.2) is 0 Å². The van der Waals surface area contributed by atoms with Crippen molar-refractivity contribution in [2.24, 2.45) is 0 Å². The smallest absolute Gasteiger partial charge is 0.139 e. The maximum atomic E-state index is 6.65. The fourth-order valence-corrected chi connectivity index (χ4v) is 6.80. The molecule has 0 aliphatic carbocycles. The number of fused-ring (bicyclic) bond motifs is 15. The minimum atomic E-state index is 0.825. The van der Waals surface area contributed by atoms with Crippen molar-refractivity contribution in [2.75, 3.05) is 7.11 Å². The van der Waals surface area contributed by atoms with Crippen LogP contribution >= 0.6 is 0 Å². The lowest BCUT2D eigenvalue weighted by atomic mass is 9.90. The van der Waals surface area contributed by atoms with E-state index in [1.54, 1.807) is 7.11 Å². The lowest BCUT2D eigenvalue weighted by Gasteiger charge is -2.13. The lowest BCUT2D eigenvalue weighted by Crippen LogP contribution is -1.88. The number of methoxy groups -OCH3 is 1. The predicted octanol–water partition coefficient (Wildman–Crippen LogP) is 10.5. The Kier molecular flexibility index (Phi) is 4.02. The molecule has 0 atom stereocenters. The highest BCUT2D eigenvalue weighted by molar-refractivity contribution is 6.39. The van der Waals surface area contributed by atoms with Crippen LogP contribution in [0.2, 0.25) is 0 Å². The van der Waals surface area contributed by atoms with Crippen LogP contribution in [0.25, 0.3) is 86.6 Å². The molecule has 0 bridgehead atoms. The monoisotopic (exact) mass is 498 g/mol. The summed E-state index contributed by atoms with van der Waals surface area (Å²) >= 11 is 0. The van der Waals surface area contributed by atoms with Crippen molar-refractivity contribution in [3.63, 3.8) is 0 Å². The summed E-state index contributed by atoms with van der Waals surface area (Å²) in [5.74, 6) is 0.825. The summed E-state index contributed by atoms with van der Waals surface area (Å²) < 4.78 is 12.6. The Morgan fingerprint density at radius 3 is 1.59 bits per heavy atom. The summed E-state index contributed by atoms with van der Waals surface area (Å²) in [7, 11) is 1.74. The van der Waals surface area contributed by atoms with Crippen LogP contribution in [-0.2, 0) is 0 Å². The second-order valence-corrected chi connectivity index (χ2v) is 10.4. The molecule has 39 heavy (non-hydrogen) atoms. The van der Waals surface area contributed by atoms with E-state index >= 15 is 0 Å². The maximum absolute atomic E-state index is 6.65. The van der Waals surface area contributed by atoms with Gasteiger partial charge in [0.05, 0.1) is 7.11 Å². The summed E-state index contributed by atoms with van der Waals surface area (Å²) in [4.78, 5) is 0. The van der Waals surface area contributed by atoms with Crippen molar-refractivity contribution in [3.05, 3.63) is 115 Å². The van der Waals surface area contributed by atoms with E-state index in [1.165, 1.54) is 59.2 Å². The van der Waals surface area contributed by atoms with Gasteiger partial charge in [-0.3, -0.25) is 0 Å². The molecule has 0 amide bonds. The largest absolute Gasteiger partial charge is 0.496 e. The van der Waals surface area contributed by atoms with E-state index in [0.29, 0.717) is 0 Å². The number of ether oxygens (including phenoxy) is 1. The maximum Gasteiger partial charge on any atom is 0.139 e. The third-order valence-electron chi connectivity index (χ3n) is 8.48. The Hall–Kier alpha value is -5.08. The average Bonchev–Trinajstić information content (AvgIpc) is 3.38. The van der Waals surface area contributed by atoms with E-state index in [4.69, 9.17) is 9.15 Å². The Morgan fingerprint density at radius 2 is 0.923 bits per heavy atom. The van der Waals surface area contributed by atoms with Gasteiger partial charge in [-0.15, -0.1) is 0 Å². The molecule has 0 aliphatic rings. The van der Waals surface area contributed by atoms with Crippen molar-refractivity contribution in [1.82, 2.24) is 0 Å². The minimum absolute atomic E-state index is 0.825. The van der Waals surface area contributed by atoms with Gasteiger partial charge in [-0.25, -0.2) is 0 Å². The predicted molar refractivity (Wildman–Crippen MR) is 165 cm³/mol. The summed E-state index contributed by atoms with van der Waals surface area (Å²) in [5, 5.41) is 17.0. The van der Waals surface area contributed by atoms with Crippen LogP contribution < -0.4 is 4.74 Å². The van der Waals surface area contributed by atoms with Gasteiger partial charge in [0.25, 0.3) is 0 Å². The summed E-state index contributed by atoms with van der Waals surface area (Å²) in [6.45, 7) is 0. The normalized spacial score (nSPS) is 12.2. The molecule has 0 saturated carbocycles. The average molecular weight is 499 g/mol. The van der Waals surface area contributed by atoms with Crippen molar-refractivity contribution in [3.8, 4) is 5.75 Å². The zero-order valence-corrected chi connectivity index (χ0v) is 21.3. The highest BCUT2D eigenvalue weighted by Crippen LogP contribution is 2.47. The third-order valence-corrected chi connectivity index (χ3v) is 8.48. The van der Waals surface area contributed by atoms with Gasteiger partial charge in [-0.1, -0.05) is 97.1 Å². The first-order chi connectivity index (χ1) is 19.3. The summed E-state index contributed by atoms with van der Waals surface area (Å²) in [6.07, 6.45) is 0. The second-order valence-electron chi connectivity index (χ2n) is 10.4. The van der Waals surface area contributed by atoms with Crippen molar-refractivity contribution in [1.29, 1.82) is 0 Å². The molecule has 2 nitrogen and oxygen atoms in total. The van der Waals surface area contributed by atoms with Gasteiger partial charge in [-0.05, 0) is 60.6 Å². The van der Waals surface area contributed by atoms with Gasteiger partial charge in [0.2, 0.25) is 0 Å². The van der Waals surface area contributed by atoms with Gasteiger partial charge in [0, 0.05) is 33.0 Å². The SMILES string of the molecule is COc1cc2oc3ccc4ccc5ccc6ccccc6c5c4c3c2c2c1ccc1ccc3ccccc3c12. The fourth-order valence-electron chi connectivity index (χ4n) is 6.80. The molecular weight excluding hydrogens is 476 g/mol. The molecule has 182 valence electrons. The number of rotatable bonds is 1. The van der Waals surface area contributed by atoms with Crippen LogP contribution in [0.4, 0.5) is 0 Å². The van der Waals surface area contributed by atoms with Crippen molar-refractivity contribution >= 4 is 86.6 Å². The van der Waals surface area contributed by atoms with E-state index in [-0.39, 0.29) is 0 Å². The number of furan rings is 1. The quantitative estimate of drug-likeness (QED) is 0.210. The number of hydrogen-bond acceptors (Lipinski definition) is 2. The van der Waals surface area contributed by atoms with Crippen LogP contribution in [0.5, 0.6) is 5.75 Å². The Balaban J connectivity index is 1.66. The molecule has 9 rings (SSSR count). The summed E-state index contributed by atoms with van der Waals surface area (Å²) in [5.41, 5.74) is 1.74. The van der Waals surface area contributed by atoms with E-state index in [0.717, 1.165) is 33.1 Å². The first kappa shape index (κ1) is 20.9. The van der Waals surface area contributed by atoms with Gasteiger partial charge >= 0.3 is 0 Å². The molecule has 0 unspecified atom stereocenters. The van der Waals surface area contributed by atoms with E-state index < -0.39 is 0 Å². The molecule has 0 radical (unpaired) electrons. The van der Waals surface area contributed by atoms with Crippen LogP contribution in [0, 0.1) is 0 Å². The van der Waals surface area contributed by atoms with E-state index in [2.05, 4.69) is 115 Å². The molecule has 0 saturated heterocycles. The van der Waals surface area contributed by atoms with Gasteiger partial charge in [0.1, 0.15) is 16.9 Å². The number of benzene rings is 8. The molecule has 0 aliphatic heterocycles. The molecule has 1 aromatic heterocycles. The van der Waals surface area contributed by atoms with Gasteiger partial charge < -0.3 is 9.15 Å². The Labute approximate surface area is 223 Å². The van der Waals surface area contributed by atoms with Crippen LogP contribution in [0.15, 0.2) is 120 Å². The zero-order valence-electron chi connectivity index (χ0n) is 21.3. The third kappa shape index (κ3) is 2.70. The van der Waals surface area contributed by atoms with Crippen molar-refractivity contribution in [2.45, 2.75) is 0 Å². The first-order valence-corrected chi connectivity index (χ1v) is 13.3. The molecule has 8 aromatic carbocycles. The minimum Gasteiger partial charge on any atom is -0.496 e. The lowest BCUT2D eigenvalue weighted by molar-refractivity contribution is 0.419. The second kappa shape index (κ2) is 7.49. The summed E-state index contributed by atoms with van der Waals surface area (Å²) in [6, 6.07) is 41.5. The van der Waals surface area contributed by atoms with Crippen LogP contribution in [-0.4, -0.2) is 7.11 Å². The topological polar surface area (TPSA) is 22.4 Å². The highest BCUT2D eigenvalue weighted by Gasteiger charge is 2.21. The van der Waals surface area contributed by atoms with Crippen LogP contribution in [0.1, 0.15) is 0 Å². The van der Waals surface area contributed by atoms with Crippen molar-refractivity contribution < 1.29 is 9.15 Å². The van der Waals surface area contributed by atoms with E-state index in [1.807, 2.05) is 0 Å². The Bertz CT molecular complexity index is 2470. The fraction of sp³-hybridized carbons (Fsp3) is 0.0270.